The van der Waals surface area contributed by atoms with Crippen LogP contribution in [0.4, 0.5) is 24.5 Å². The Kier molecular flexibility index (Phi) is 8.29. The number of ether oxygens (including phenoxy) is 1. The molecular weight excluding hydrogens is 566 g/mol. The number of anilines is 2. The zero-order valence-electron chi connectivity index (χ0n) is 19.7. The Morgan fingerprint density at radius 1 is 0.921 bits per heavy atom. The molecular formula is C25H22Cl2F3N3O4S. The summed E-state index contributed by atoms with van der Waals surface area (Å²) in [6.07, 6.45) is -4.42. The number of piperazine rings is 1. The Balaban J connectivity index is 1.29. The molecule has 202 valence electrons. The number of sulfonamides is 1. The number of hydrogen-bond donors (Lipinski definition) is 1. The number of alkyl halides is 3. The standard InChI is InChI=1S/C25H22Cl2F3N3O4S/c26-18-13-19(27)15-20(14-18)31-38(35,36)23-6-4-22(5-7-23)37-16-24(34)33-10-8-32(9-11-33)21-3-1-2-17(12-21)25(28,29)30/h1-7,12-15,31H,8-11,16H2. The molecule has 0 aromatic heterocycles. The minimum Gasteiger partial charge on any atom is -0.484 e. The van der Waals surface area contributed by atoms with E-state index in [1.165, 1.54) is 48.5 Å². The van der Waals surface area contributed by atoms with Gasteiger partial charge in [-0.25, -0.2) is 8.42 Å². The summed E-state index contributed by atoms with van der Waals surface area (Å²) in [7, 11) is -3.92. The Morgan fingerprint density at radius 2 is 1.55 bits per heavy atom. The van der Waals surface area contributed by atoms with Crippen molar-refractivity contribution in [1.29, 1.82) is 0 Å². The topological polar surface area (TPSA) is 78.9 Å². The molecule has 1 saturated heterocycles. The van der Waals surface area contributed by atoms with Crippen LogP contribution in [-0.4, -0.2) is 52.0 Å². The second kappa shape index (κ2) is 11.3. The first-order chi connectivity index (χ1) is 17.9. The van der Waals surface area contributed by atoms with Gasteiger partial charge in [0.15, 0.2) is 6.61 Å². The van der Waals surface area contributed by atoms with Crippen molar-refractivity contribution in [3.05, 3.63) is 82.3 Å². The van der Waals surface area contributed by atoms with Gasteiger partial charge in [0, 0.05) is 41.9 Å². The third kappa shape index (κ3) is 7.03. The van der Waals surface area contributed by atoms with E-state index in [0.717, 1.165) is 12.1 Å². The number of halogens is 5. The summed E-state index contributed by atoms with van der Waals surface area (Å²) in [5.41, 5.74) is -0.0573. The highest BCUT2D eigenvalue weighted by molar-refractivity contribution is 7.92. The molecule has 1 aliphatic heterocycles. The molecule has 3 aromatic rings. The molecule has 1 fully saturated rings. The Morgan fingerprint density at radius 3 is 2.16 bits per heavy atom. The van der Waals surface area contributed by atoms with Crippen LogP contribution in [0.3, 0.4) is 0 Å². The first-order valence-electron chi connectivity index (χ1n) is 11.3. The molecule has 0 atom stereocenters. The third-order valence-electron chi connectivity index (χ3n) is 5.78. The molecule has 1 amide bonds. The maximum atomic E-state index is 13.0. The number of benzene rings is 3. The van der Waals surface area contributed by atoms with E-state index in [1.54, 1.807) is 15.9 Å². The first kappa shape index (κ1) is 27.9. The number of nitrogens with one attached hydrogen (secondary N) is 1. The molecule has 0 radical (unpaired) electrons. The molecule has 38 heavy (non-hydrogen) atoms. The van der Waals surface area contributed by atoms with E-state index in [-0.39, 0.29) is 33.1 Å². The van der Waals surface area contributed by atoms with E-state index in [4.69, 9.17) is 27.9 Å². The van der Waals surface area contributed by atoms with Crippen LogP contribution >= 0.6 is 23.2 Å². The monoisotopic (exact) mass is 587 g/mol. The molecule has 1 N–H and O–H groups in total. The van der Waals surface area contributed by atoms with Crippen molar-refractivity contribution in [3.8, 4) is 5.75 Å². The van der Waals surface area contributed by atoms with E-state index in [1.807, 2.05) is 0 Å². The van der Waals surface area contributed by atoms with Crippen molar-refractivity contribution in [1.82, 2.24) is 4.90 Å². The van der Waals surface area contributed by atoms with Gasteiger partial charge < -0.3 is 14.5 Å². The van der Waals surface area contributed by atoms with Crippen molar-refractivity contribution in [2.45, 2.75) is 11.1 Å². The van der Waals surface area contributed by atoms with Gasteiger partial charge in [-0.05, 0) is 60.7 Å². The van der Waals surface area contributed by atoms with Crippen molar-refractivity contribution >= 4 is 50.5 Å². The van der Waals surface area contributed by atoms with Gasteiger partial charge in [-0.15, -0.1) is 0 Å². The van der Waals surface area contributed by atoms with Gasteiger partial charge in [-0.1, -0.05) is 29.3 Å². The number of carbonyl (C=O) groups excluding carboxylic acids is 1. The van der Waals surface area contributed by atoms with E-state index < -0.39 is 21.8 Å². The molecule has 0 saturated carbocycles. The van der Waals surface area contributed by atoms with Gasteiger partial charge in [0.05, 0.1) is 16.1 Å². The largest absolute Gasteiger partial charge is 0.484 e. The van der Waals surface area contributed by atoms with Crippen LogP contribution in [0.1, 0.15) is 5.56 Å². The summed E-state index contributed by atoms with van der Waals surface area (Å²) in [6, 6.07) is 15.0. The number of hydrogen-bond acceptors (Lipinski definition) is 5. The number of rotatable bonds is 7. The molecule has 4 rings (SSSR count). The molecule has 0 bridgehead atoms. The zero-order valence-corrected chi connectivity index (χ0v) is 22.0. The van der Waals surface area contributed by atoms with Crippen LogP contribution < -0.4 is 14.4 Å². The lowest BCUT2D eigenvalue weighted by atomic mass is 10.1. The first-order valence-corrected chi connectivity index (χ1v) is 13.6. The van der Waals surface area contributed by atoms with Crippen LogP contribution in [0, 0.1) is 0 Å². The third-order valence-corrected chi connectivity index (χ3v) is 7.62. The molecule has 0 aliphatic carbocycles. The molecule has 1 heterocycles. The highest BCUT2D eigenvalue weighted by Gasteiger charge is 2.31. The minimum atomic E-state index is -4.42. The number of carbonyl (C=O) groups is 1. The van der Waals surface area contributed by atoms with Gasteiger partial charge in [0.2, 0.25) is 0 Å². The smallest absolute Gasteiger partial charge is 0.416 e. The fraction of sp³-hybridized carbons (Fsp3) is 0.240. The van der Waals surface area contributed by atoms with E-state index in [0.29, 0.717) is 37.6 Å². The molecule has 0 spiro atoms. The fourth-order valence-corrected chi connectivity index (χ4v) is 5.44. The Labute approximate surface area is 227 Å². The normalized spacial score (nSPS) is 14.3. The molecule has 3 aromatic carbocycles. The average molecular weight is 588 g/mol. The second-order valence-corrected chi connectivity index (χ2v) is 11.0. The minimum absolute atomic E-state index is 0.0296. The van der Waals surface area contributed by atoms with E-state index in [2.05, 4.69) is 4.72 Å². The Hall–Kier alpha value is -3.15. The van der Waals surface area contributed by atoms with Crippen molar-refractivity contribution in [2.24, 2.45) is 0 Å². The maximum Gasteiger partial charge on any atom is 0.416 e. The van der Waals surface area contributed by atoms with Gasteiger partial charge >= 0.3 is 6.18 Å². The Bertz CT molecular complexity index is 1390. The summed E-state index contributed by atoms with van der Waals surface area (Å²) in [5.74, 6) is 0.00981. The van der Waals surface area contributed by atoms with Crippen LogP contribution in [0.25, 0.3) is 0 Å². The van der Waals surface area contributed by atoms with Crippen molar-refractivity contribution < 1.29 is 31.1 Å². The zero-order chi connectivity index (χ0) is 27.5. The lowest BCUT2D eigenvalue weighted by molar-refractivity contribution is -0.137. The van der Waals surface area contributed by atoms with E-state index >= 15 is 0 Å². The van der Waals surface area contributed by atoms with Crippen LogP contribution in [0.5, 0.6) is 5.75 Å². The van der Waals surface area contributed by atoms with Crippen molar-refractivity contribution in [3.63, 3.8) is 0 Å². The number of nitrogens with zero attached hydrogens (tertiary/aromatic N) is 2. The highest BCUT2D eigenvalue weighted by atomic mass is 35.5. The average Bonchev–Trinajstić information content (AvgIpc) is 2.86. The highest BCUT2D eigenvalue weighted by Crippen LogP contribution is 2.32. The van der Waals surface area contributed by atoms with Gasteiger partial charge in [0.25, 0.3) is 15.9 Å². The van der Waals surface area contributed by atoms with Crippen molar-refractivity contribution in [2.75, 3.05) is 42.4 Å². The summed E-state index contributed by atoms with van der Waals surface area (Å²) >= 11 is 11.8. The number of amides is 1. The van der Waals surface area contributed by atoms with Crippen LogP contribution in [-0.2, 0) is 21.0 Å². The SMILES string of the molecule is O=C(COc1ccc(S(=O)(=O)Nc2cc(Cl)cc(Cl)c2)cc1)N1CCN(c2cccc(C(F)(F)F)c2)CC1. The predicted octanol–water partition coefficient (Wildman–Crippen LogP) is 5.54. The quantitative estimate of drug-likeness (QED) is 0.392. The molecule has 0 unspecified atom stereocenters. The molecule has 7 nitrogen and oxygen atoms in total. The molecule has 13 heteroatoms. The lowest BCUT2D eigenvalue weighted by Gasteiger charge is -2.36. The van der Waals surface area contributed by atoms with E-state index in [9.17, 15) is 26.4 Å². The lowest BCUT2D eigenvalue weighted by Crippen LogP contribution is -2.50. The summed E-state index contributed by atoms with van der Waals surface area (Å²) in [6.45, 7) is 1.15. The summed E-state index contributed by atoms with van der Waals surface area (Å²) < 4.78 is 72.2. The van der Waals surface area contributed by atoms with Crippen LogP contribution in [0.15, 0.2) is 71.6 Å². The maximum absolute atomic E-state index is 13.0. The molecule has 1 aliphatic rings. The summed E-state index contributed by atoms with van der Waals surface area (Å²) in [4.78, 5) is 15.9. The second-order valence-electron chi connectivity index (χ2n) is 8.44. The van der Waals surface area contributed by atoms with Gasteiger partial charge in [-0.3, -0.25) is 9.52 Å². The van der Waals surface area contributed by atoms with Gasteiger partial charge in [0.1, 0.15) is 5.75 Å². The fourth-order valence-electron chi connectivity index (χ4n) is 3.87. The van der Waals surface area contributed by atoms with Crippen LogP contribution in [0.2, 0.25) is 10.0 Å². The summed E-state index contributed by atoms with van der Waals surface area (Å²) in [5, 5.41) is 0.557. The predicted molar refractivity (Wildman–Crippen MR) is 139 cm³/mol. The van der Waals surface area contributed by atoms with Gasteiger partial charge in [-0.2, -0.15) is 13.2 Å².